The Morgan fingerprint density at radius 3 is 3.00 bits per heavy atom. The molecule has 0 spiro atoms. The van der Waals surface area contributed by atoms with Crippen molar-refractivity contribution in [3.05, 3.63) is 35.7 Å². The van der Waals surface area contributed by atoms with E-state index in [0.717, 1.165) is 43.0 Å². The van der Waals surface area contributed by atoms with Crippen molar-refractivity contribution in [1.82, 2.24) is 35.0 Å². The number of hydrogen-bond acceptors (Lipinski definition) is 6. The van der Waals surface area contributed by atoms with Crippen molar-refractivity contribution in [2.75, 3.05) is 11.4 Å². The number of aryl methyl sites for hydroxylation is 3. The zero-order chi connectivity index (χ0) is 18.4. The van der Waals surface area contributed by atoms with E-state index in [0.29, 0.717) is 19.0 Å². The van der Waals surface area contributed by atoms with Crippen LogP contribution in [0.25, 0.3) is 11.4 Å². The molecule has 2 aliphatic heterocycles. The van der Waals surface area contributed by atoms with Gasteiger partial charge in [0.1, 0.15) is 5.82 Å². The third-order valence-electron chi connectivity index (χ3n) is 5.34. The van der Waals surface area contributed by atoms with Gasteiger partial charge in [-0.3, -0.25) is 9.69 Å². The van der Waals surface area contributed by atoms with Crippen molar-refractivity contribution in [1.29, 1.82) is 0 Å². The highest BCUT2D eigenvalue weighted by Gasteiger charge is 2.34. The Balaban J connectivity index is 1.43. The number of amides is 1. The Bertz CT molecular complexity index is 1010. The zero-order valence-corrected chi connectivity index (χ0v) is 15.1. The van der Waals surface area contributed by atoms with Gasteiger partial charge in [-0.15, -0.1) is 10.2 Å². The molecule has 9 nitrogen and oxygen atoms in total. The van der Waals surface area contributed by atoms with Crippen molar-refractivity contribution >= 4 is 11.9 Å². The molecule has 138 valence electrons. The molecule has 0 bridgehead atoms. The lowest BCUT2D eigenvalue weighted by Crippen LogP contribution is -2.44. The second-order valence-corrected chi connectivity index (χ2v) is 7.20. The Labute approximate surface area is 156 Å². The molecule has 0 radical (unpaired) electrons. The first-order chi connectivity index (χ1) is 13.2. The molecule has 0 saturated heterocycles. The smallest absolute Gasteiger partial charge is 0.252 e. The normalized spacial score (nSPS) is 18.9. The van der Waals surface area contributed by atoms with Gasteiger partial charge in [0.05, 0.1) is 5.92 Å². The largest absolute Gasteiger partial charge is 0.310 e. The molecule has 1 atom stereocenters. The minimum absolute atomic E-state index is 0.0836. The van der Waals surface area contributed by atoms with Crippen LogP contribution in [0, 0.1) is 12.8 Å². The van der Waals surface area contributed by atoms with Gasteiger partial charge in [-0.2, -0.15) is 0 Å². The number of aromatic nitrogens is 7. The zero-order valence-electron chi connectivity index (χ0n) is 15.1. The Morgan fingerprint density at radius 1 is 1.19 bits per heavy atom. The van der Waals surface area contributed by atoms with E-state index in [4.69, 9.17) is 0 Å². The van der Waals surface area contributed by atoms with Gasteiger partial charge in [0.25, 0.3) is 5.95 Å². The van der Waals surface area contributed by atoms with Crippen LogP contribution in [-0.2, 0) is 24.3 Å². The third kappa shape index (κ3) is 2.70. The van der Waals surface area contributed by atoms with Gasteiger partial charge >= 0.3 is 0 Å². The summed E-state index contributed by atoms with van der Waals surface area (Å²) >= 11 is 0. The van der Waals surface area contributed by atoms with Crippen LogP contribution >= 0.6 is 0 Å². The standard InChI is InChI=1S/C18H20N8O/c1-12-4-2-5-13(10-12)16-20-19-15-7-6-14(11-25(15)16)17(27)24-8-3-9-26-18(24)21-22-23-26/h2,4-5,10,14H,3,6-9,11H2,1H3. The van der Waals surface area contributed by atoms with Gasteiger partial charge < -0.3 is 4.57 Å². The van der Waals surface area contributed by atoms with Crippen LogP contribution in [-0.4, -0.2) is 47.4 Å². The summed E-state index contributed by atoms with van der Waals surface area (Å²) in [6.07, 6.45) is 2.37. The molecule has 0 saturated carbocycles. The second-order valence-electron chi connectivity index (χ2n) is 7.20. The number of carbonyl (C=O) groups is 1. The molecule has 2 aromatic heterocycles. The molecule has 0 fully saturated rings. The van der Waals surface area contributed by atoms with Crippen molar-refractivity contribution < 1.29 is 4.79 Å². The molecule has 27 heavy (non-hydrogen) atoms. The monoisotopic (exact) mass is 364 g/mol. The molecule has 0 N–H and O–H groups in total. The Kier molecular flexibility index (Phi) is 3.73. The Morgan fingerprint density at radius 2 is 2.11 bits per heavy atom. The van der Waals surface area contributed by atoms with Gasteiger partial charge in [0, 0.05) is 31.6 Å². The summed E-state index contributed by atoms with van der Waals surface area (Å²) in [5, 5.41) is 20.5. The van der Waals surface area contributed by atoms with E-state index in [1.54, 1.807) is 9.58 Å². The lowest BCUT2D eigenvalue weighted by atomic mass is 9.97. The van der Waals surface area contributed by atoms with Gasteiger partial charge in [-0.25, -0.2) is 4.68 Å². The maximum atomic E-state index is 13.2. The molecule has 3 aromatic rings. The van der Waals surface area contributed by atoms with Crippen LogP contribution < -0.4 is 4.90 Å². The van der Waals surface area contributed by atoms with Crippen molar-refractivity contribution in [2.24, 2.45) is 5.92 Å². The molecule has 1 unspecified atom stereocenters. The van der Waals surface area contributed by atoms with E-state index in [-0.39, 0.29) is 11.8 Å². The fraction of sp³-hybridized carbons (Fsp3) is 0.444. The van der Waals surface area contributed by atoms with Gasteiger partial charge in [-0.1, -0.05) is 28.9 Å². The molecule has 5 rings (SSSR count). The van der Waals surface area contributed by atoms with E-state index in [1.165, 1.54) is 5.56 Å². The third-order valence-corrected chi connectivity index (χ3v) is 5.34. The number of rotatable bonds is 2. The maximum Gasteiger partial charge on any atom is 0.252 e. The predicted octanol–water partition coefficient (Wildman–Crippen LogP) is 1.24. The van der Waals surface area contributed by atoms with Crippen LogP contribution in [0.15, 0.2) is 24.3 Å². The first kappa shape index (κ1) is 16.1. The second kappa shape index (κ2) is 6.26. The molecule has 1 amide bonds. The number of hydrogen-bond donors (Lipinski definition) is 0. The van der Waals surface area contributed by atoms with Gasteiger partial charge in [0.15, 0.2) is 5.82 Å². The number of carbonyl (C=O) groups excluding carboxylic acids is 1. The minimum Gasteiger partial charge on any atom is -0.310 e. The number of tetrazole rings is 1. The summed E-state index contributed by atoms with van der Waals surface area (Å²) in [7, 11) is 0. The molecule has 1 aromatic carbocycles. The van der Waals surface area contributed by atoms with Crippen molar-refractivity contribution in [3.8, 4) is 11.4 Å². The fourth-order valence-electron chi connectivity index (χ4n) is 3.97. The first-order valence-corrected chi connectivity index (χ1v) is 9.27. The SMILES string of the molecule is Cc1cccc(-c2nnc3n2CC(C(=O)N2CCCn4nnnc42)CC3)c1. The van der Waals surface area contributed by atoms with E-state index in [1.807, 2.05) is 12.1 Å². The van der Waals surface area contributed by atoms with Crippen LogP contribution in [0.5, 0.6) is 0 Å². The number of nitrogens with zero attached hydrogens (tertiary/aromatic N) is 8. The number of benzene rings is 1. The highest BCUT2D eigenvalue weighted by molar-refractivity contribution is 5.93. The summed E-state index contributed by atoms with van der Waals surface area (Å²) in [5.74, 6) is 2.29. The van der Waals surface area contributed by atoms with E-state index in [2.05, 4.69) is 49.3 Å². The van der Waals surface area contributed by atoms with Crippen LogP contribution in [0.4, 0.5) is 5.95 Å². The summed E-state index contributed by atoms with van der Waals surface area (Å²) < 4.78 is 3.79. The summed E-state index contributed by atoms with van der Waals surface area (Å²) in [6, 6.07) is 8.21. The van der Waals surface area contributed by atoms with Gasteiger partial charge in [-0.05, 0) is 36.3 Å². The lowest BCUT2D eigenvalue weighted by molar-refractivity contribution is -0.123. The lowest BCUT2D eigenvalue weighted by Gasteiger charge is -2.31. The summed E-state index contributed by atoms with van der Waals surface area (Å²) in [5.41, 5.74) is 2.21. The van der Waals surface area contributed by atoms with Crippen molar-refractivity contribution in [2.45, 2.75) is 39.3 Å². The molecule has 9 heteroatoms. The van der Waals surface area contributed by atoms with Crippen LogP contribution in [0.3, 0.4) is 0 Å². The quantitative estimate of drug-likeness (QED) is 0.679. The highest BCUT2D eigenvalue weighted by atomic mass is 16.2. The molecular formula is C18H20N8O. The summed E-state index contributed by atoms with van der Waals surface area (Å²) in [6.45, 7) is 4.06. The molecule has 0 aliphatic carbocycles. The molecular weight excluding hydrogens is 344 g/mol. The average molecular weight is 364 g/mol. The van der Waals surface area contributed by atoms with Crippen LogP contribution in [0.2, 0.25) is 0 Å². The van der Waals surface area contributed by atoms with E-state index < -0.39 is 0 Å². The molecule has 4 heterocycles. The summed E-state index contributed by atoms with van der Waals surface area (Å²) in [4.78, 5) is 14.9. The highest BCUT2D eigenvalue weighted by Crippen LogP contribution is 2.28. The van der Waals surface area contributed by atoms with Crippen LogP contribution in [0.1, 0.15) is 24.2 Å². The Hall–Kier alpha value is -3.10. The van der Waals surface area contributed by atoms with Crippen molar-refractivity contribution in [3.63, 3.8) is 0 Å². The predicted molar refractivity (Wildman–Crippen MR) is 96.8 cm³/mol. The number of anilines is 1. The fourth-order valence-corrected chi connectivity index (χ4v) is 3.97. The number of fused-ring (bicyclic) bond motifs is 2. The van der Waals surface area contributed by atoms with E-state index >= 15 is 0 Å². The maximum absolute atomic E-state index is 13.2. The van der Waals surface area contributed by atoms with E-state index in [9.17, 15) is 4.79 Å². The molecule has 2 aliphatic rings. The average Bonchev–Trinajstić information content (AvgIpc) is 3.33. The topological polar surface area (TPSA) is 94.6 Å². The van der Waals surface area contributed by atoms with Gasteiger partial charge in [0.2, 0.25) is 5.91 Å². The minimum atomic E-state index is -0.125. The first-order valence-electron chi connectivity index (χ1n) is 9.27.